The van der Waals surface area contributed by atoms with E-state index in [-0.39, 0.29) is 11.7 Å². The summed E-state index contributed by atoms with van der Waals surface area (Å²) < 4.78 is 18.4. The van der Waals surface area contributed by atoms with Gasteiger partial charge >= 0.3 is 0 Å². The Morgan fingerprint density at radius 1 is 1.24 bits per heavy atom. The first-order chi connectivity index (χ1) is 10.3. The number of halogens is 1. The molecule has 0 radical (unpaired) electrons. The summed E-state index contributed by atoms with van der Waals surface area (Å²) in [4.78, 5) is 4.53. The molecular formula is C16H20FN3O. The Balaban J connectivity index is 1.81. The maximum absolute atomic E-state index is 13.0. The van der Waals surface area contributed by atoms with Crippen LogP contribution in [0.3, 0.4) is 0 Å². The van der Waals surface area contributed by atoms with E-state index in [0.717, 1.165) is 24.9 Å². The van der Waals surface area contributed by atoms with Crippen LogP contribution >= 0.6 is 0 Å². The number of nitrogens with zero attached hydrogens (tertiary/aromatic N) is 2. The van der Waals surface area contributed by atoms with Crippen LogP contribution in [-0.4, -0.2) is 22.7 Å². The fraction of sp³-hybridized carbons (Fsp3) is 0.500. The fourth-order valence-corrected chi connectivity index (χ4v) is 3.03. The highest BCUT2D eigenvalue weighted by Crippen LogP contribution is 2.33. The predicted octanol–water partition coefficient (Wildman–Crippen LogP) is 3.51. The topological polar surface area (TPSA) is 51.0 Å². The van der Waals surface area contributed by atoms with Crippen molar-refractivity contribution in [1.82, 2.24) is 15.5 Å². The second-order valence-electron chi connectivity index (χ2n) is 5.52. The number of likely N-dealkylation sites (N-methyl/N-ethyl adjacent to an activating group) is 1. The molecule has 0 amide bonds. The minimum atomic E-state index is -0.262. The van der Waals surface area contributed by atoms with Gasteiger partial charge in [0.2, 0.25) is 11.7 Å². The van der Waals surface area contributed by atoms with E-state index in [1.807, 2.05) is 0 Å². The van der Waals surface area contributed by atoms with Crippen LogP contribution < -0.4 is 5.32 Å². The first-order valence-corrected chi connectivity index (χ1v) is 7.61. The summed E-state index contributed by atoms with van der Waals surface area (Å²) in [5, 5.41) is 7.56. The standard InChI is InChI=1S/C16H20FN3O/c1-2-18-14-6-4-3-5-13(14)16-19-15(20-21-16)11-7-9-12(17)10-8-11/h7-10,13-14,18H,2-6H2,1H3. The number of hydrogen-bond donors (Lipinski definition) is 1. The van der Waals surface area contributed by atoms with Crippen molar-refractivity contribution in [2.45, 2.75) is 44.6 Å². The lowest BCUT2D eigenvalue weighted by Gasteiger charge is -2.29. The predicted molar refractivity (Wildman–Crippen MR) is 78.4 cm³/mol. The molecule has 3 rings (SSSR count). The number of aromatic nitrogens is 2. The highest BCUT2D eigenvalue weighted by Gasteiger charge is 2.30. The zero-order valence-electron chi connectivity index (χ0n) is 12.2. The van der Waals surface area contributed by atoms with E-state index in [1.54, 1.807) is 12.1 Å². The average molecular weight is 289 g/mol. The number of rotatable bonds is 4. The van der Waals surface area contributed by atoms with Gasteiger partial charge in [0.15, 0.2) is 0 Å². The van der Waals surface area contributed by atoms with Crippen LogP contribution in [0.1, 0.15) is 44.4 Å². The van der Waals surface area contributed by atoms with Gasteiger partial charge < -0.3 is 9.84 Å². The average Bonchev–Trinajstić information content (AvgIpc) is 2.99. The van der Waals surface area contributed by atoms with Crippen LogP contribution in [0.15, 0.2) is 28.8 Å². The molecule has 112 valence electrons. The highest BCUT2D eigenvalue weighted by molar-refractivity contribution is 5.53. The van der Waals surface area contributed by atoms with Crippen LogP contribution in [0.25, 0.3) is 11.4 Å². The molecule has 21 heavy (non-hydrogen) atoms. The van der Waals surface area contributed by atoms with Crippen molar-refractivity contribution in [3.63, 3.8) is 0 Å². The number of nitrogens with one attached hydrogen (secondary N) is 1. The lowest BCUT2D eigenvalue weighted by atomic mass is 9.84. The molecule has 5 heteroatoms. The quantitative estimate of drug-likeness (QED) is 0.935. The largest absolute Gasteiger partial charge is 0.339 e. The van der Waals surface area contributed by atoms with Gasteiger partial charge in [0.25, 0.3) is 0 Å². The molecule has 1 fully saturated rings. The van der Waals surface area contributed by atoms with Crippen molar-refractivity contribution < 1.29 is 8.91 Å². The third-order valence-corrected chi connectivity index (χ3v) is 4.09. The van der Waals surface area contributed by atoms with Crippen LogP contribution in [-0.2, 0) is 0 Å². The minimum Gasteiger partial charge on any atom is -0.339 e. The summed E-state index contributed by atoms with van der Waals surface area (Å²) in [7, 11) is 0. The van der Waals surface area contributed by atoms with Gasteiger partial charge in [-0.15, -0.1) is 0 Å². The van der Waals surface area contributed by atoms with Gasteiger partial charge in [-0.3, -0.25) is 0 Å². The monoisotopic (exact) mass is 289 g/mol. The summed E-state index contributed by atoms with van der Waals surface area (Å²) in [6, 6.07) is 6.57. The molecule has 0 saturated heterocycles. The summed E-state index contributed by atoms with van der Waals surface area (Å²) in [5.41, 5.74) is 0.780. The lowest BCUT2D eigenvalue weighted by Crippen LogP contribution is -2.37. The first kappa shape index (κ1) is 14.2. The smallest absolute Gasteiger partial charge is 0.231 e. The van der Waals surface area contributed by atoms with Gasteiger partial charge in [0.1, 0.15) is 5.82 Å². The zero-order chi connectivity index (χ0) is 14.7. The van der Waals surface area contributed by atoms with E-state index >= 15 is 0 Å². The Bertz CT molecular complexity index is 579. The van der Waals surface area contributed by atoms with Gasteiger partial charge in [-0.05, 0) is 43.7 Å². The molecule has 1 aliphatic carbocycles. The third-order valence-electron chi connectivity index (χ3n) is 4.09. The Labute approximate surface area is 123 Å². The van der Waals surface area contributed by atoms with E-state index < -0.39 is 0 Å². The van der Waals surface area contributed by atoms with Gasteiger partial charge in [0, 0.05) is 11.6 Å². The molecule has 2 atom stereocenters. The number of benzene rings is 1. The Morgan fingerprint density at radius 2 is 2.00 bits per heavy atom. The molecular weight excluding hydrogens is 269 g/mol. The molecule has 4 nitrogen and oxygen atoms in total. The summed E-state index contributed by atoms with van der Waals surface area (Å²) in [6.07, 6.45) is 4.66. The van der Waals surface area contributed by atoms with Gasteiger partial charge in [0.05, 0.1) is 5.92 Å². The summed E-state index contributed by atoms with van der Waals surface area (Å²) in [5.74, 6) is 1.24. The van der Waals surface area contributed by atoms with E-state index in [4.69, 9.17) is 4.52 Å². The molecule has 0 spiro atoms. The molecule has 1 saturated carbocycles. The number of hydrogen-bond acceptors (Lipinski definition) is 4. The molecule has 2 aromatic rings. The molecule has 1 N–H and O–H groups in total. The molecule has 0 aliphatic heterocycles. The SMILES string of the molecule is CCNC1CCCCC1c1nc(-c2ccc(F)cc2)no1. The van der Waals surface area contributed by atoms with Gasteiger partial charge in [-0.25, -0.2) is 4.39 Å². The summed E-state index contributed by atoms with van der Waals surface area (Å²) >= 11 is 0. The van der Waals surface area contributed by atoms with Crippen LogP contribution in [0.4, 0.5) is 4.39 Å². The van der Waals surface area contributed by atoms with Crippen LogP contribution in [0.2, 0.25) is 0 Å². The second kappa shape index (κ2) is 6.35. The van der Waals surface area contributed by atoms with Crippen LogP contribution in [0, 0.1) is 5.82 Å². The normalized spacial score (nSPS) is 22.4. The van der Waals surface area contributed by atoms with Crippen LogP contribution in [0.5, 0.6) is 0 Å². The van der Waals surface area contributed by atoms with Crippen molar-refractivity contribution in [3.8, 4) is 11.4 Å². The van der Waals surface area contributed by atoms with Crippen molar-refractivity contribution in [2.75, 3.05) is 6.54 Å². The fourth-order valence-electron chi connectivity index (χ4n) is 3.03. The maximum Gasteiger partial charge on any atom is 0.231 e. The zero-order valence-corrected chi connectivity index (χ0v) is 12.2. The first-order valence-electron chi connectivity index (χ1n) is 7.61. The van der Waals surface area contributed by atoms with Gasteiger partial charge in [-0.1, -0.05) is 24.9 Å². The van der Waals surface area contributed by atoms with Crippen molar-refractivity contribution in [3.05, 3.63) is 36.0 Å². The van der Waals surface area contributed by atoms with Crippen molar-refractivity contribution in [2.24, 2.45) is 0 Å². The van der Waals surface area contributed by atoms with Crippen molar-refractivity contribution >= 4 is 0 Å². The minimum absolute atomic E-state index is 0.262. The molecule has 1 aromatic heterocycles. The van der Waals surface area contributed by atoms with E-state index in [9.17, 15) is 4.39 Å². The second-order valence-corrected chi connectivity index (χ2v) is 5.52. The Morgan fingerprint density at radius 3 is 2.76 bits per heavy atom. The lowest BCUT2D eigenvalue weighted by molar-refractivity contribution is 0.265. The third kappa shape index (κ3) is 3.13. The molecule has 1 aromatic carbocycles. The molecule has 2 unspecified atom stereocenters. The van der Waals surface area contributed by atoms with E-state index in [1.165, 1.54) is 25.0 Å². The maximum atomic E-state index is 13.0. The Kier molecular flexibility index (Phi) is 4.29. The van der Waals surface area contributed by atoms with Crippen molar-refractivity contribution in [1.29, 1.82) is 0 Å². The molecule has 1 heterocycles. The van der Waals surface area contributed by atoms with E-state index in [0.29, 0.717) is 17.8 Å². The Hall–Kier alpha value is -1.75. The van der Waals surface area contributed by atoms with E-state index in [2.05, 4.69) is 22.4 Å². The molecule has 1 aliphatic rings. The van der Waals surface area contributed by atoms with Gasteiger partial charge in [-0.2, -0.15) is 4.98 Å². The highest BCUT2D eigenvalue weighted by atomic mass is 19.1. The summed E-state index contributed by atoms with van der Waals surface area (Å²) in [6.45, 7) is 3.06. The molecule has 0 bridgehead atoms.